The largest absolute Gasteiger partial charge is 0.350 e. The van der Waals surface area contributed by atoms with Gasteiger partial charge in [-0.2, -0.15) is 0 Å². The molecule has 7 nitrogen and oxygen atoms in total. The van der Waals surface area contributed by atoms with Gasteiger partial charge in [0.15, 0.2) is 0 Å². The van der Waals surface area contributed by atoms with Crippen LogP contribution >= 0.6 is 23.2 Å². The van der Waals surface area contributed by atoms with E-state index in [9.17, 15) is 18.0 Å². The van der Waals surface area contributed by atoms with Gasteiger partial charge in [0.25, 0.3) is 10.0 Å². The maximum atomic E-state index is 14.1. The molecule has 1 atom stereocenters. The summed E-state index contributed by atoms with van der Waals surface area (Å²) in [5.41, 5.74) is 1.91. The number of hydrogen-bond donors (Lipinski definition) is 1. The Kier molecular flexibility index (Phi) is 9.93. The van der Waals surface area contributed by atoms with Crippen LogP contribution in [0.3, 0.4) is 0 Å². The number of aryl methyl sites for hydroxylation is 2. The predicted molar refractivity (Wildman–Crippen MR) is 161 cm³/mol. The summed E-state index contributed by atoms with van der Waals surface area (Å²) in [5.74, 6) is -0.986. The molecule has 0 bridgehead atoms. The lowest BCUT2D eigenvalue weighted by atomic mass is 10.1. The Morgan fingerprint density at radius 3 is 2.08 bits per heavy atom. The summed E-state index contributed by atoms with van der Waals surface area (Å²) in [7, 11) is -4.15. The zero-order chi connectivity index (χ0) is 29.8. The minimum Gasteiger partial charge on any atom is -0.350 e. The molecule has 10 heteroatoms. The molecule has 3 rings (SSSR count). The smallest absolute Gasteiger partial charge is 0.264 e. The van der Waals surface area contributed by atoms with E-state index < -0.39 is 40.0 Å². The maximum Gasteiger partial charge on any atom is 0.264 e. The Bertz CT molecular complexity index is 1470. The number of carbonyl (C=O) groups excluding carboxylic acids is 2. The number of carbonyl (C=O) groups is 2. The van der Waals surface area contributed by atoms with Gasteiger partial charge in [0, 0.05) is 27.7 Å². The van der Waals surface area contributed by atoms with Crippen LogP contribution in [0.4, 0.5) is 5.69 Å². The second-order valence-corrected chi connectivity index (χ2v) is 13.4. The first kappa shape index (κ1) is 31.5. The zero-order valence-corrected chi connectivity index (χ0v) is 25.9. The van der Waals surface area contributed by atoms with E-state index in [1.54, 1.807) is 62.4 Å². The Morgan fingerprint density at radius 1 is 0.925 bits per heavy atom. The van der Waals surface area contributed by atoms with Crippen molar-refractivity contribution >= 4 is 50.7 Å². The van der Waals surface area contributed by atoms with Crippen LogP contribution in [-0.4, -0.2) is 43.3 Å². The van der Waals surface area contributed by atoms with Crippen LogP contribution < -0.4 is 9.62 Å². The number of benzene rings is 3. The summed E-state index contributed by atoms with van der Waals surface area (Å²) in [6, 6.07) is 17.3. The van der Waals surface area contributed by atoms with Crippen LogP contribution in [0.2, 0.25) is 10.0 Å². The van der Waals surface area contributed by atoms with Gasteiger partial charge >= 0.3 is 0 Å². The number of anilines is 1. The van der Waals surface area contributed by atoms with Crippen LogP contribution in [0.25, 0.3) is 0 Å². The lowest BCUT2D eigenvalue weighted by Gasteiger charge is -2.34. The molecule has 214 valence electrons. The molecule has 3 aromatic carbocycles. The number of halogens is 2. The van der Waals surface area contributed by atoms with Gasteiger partial charge in [-0.15, -0.1) is 0 Å². The number of sulfonamides is 1. The van der Waals surface area contributed by atoms with Crippen molar-refractivity contribution in [3.05, 3.63) is 93.5 Å². The predicted octanol–water partition coefficient (Wildman–Crippen LogP) is 6.14. The van der Waals surface area contributed by atoms with Gasteiger partial charge in [-0.1, -0.05) is 65.2 Å². The molecule has 1 unspecified atom stereocenters. The molecule has 0 aliphatic rings. The normalized spacial score (nSPS) is 12.5. The third kappa shape index (κ3) is 7.56. The molecule has 40 heavy (non-hydrogen) atoms. The van der Waals surface area contributed by atoms with Crippen molar-refractivity contribution in [2.75, 3.05) is 10.8 Å². The van der Waals surface area contributed by atoms with E-state index in [-0.39, 0.29) is 11.4 Å². The van der Waals surface area contributed by atoms with E-state index in [0.717, 1.165) is 9.87 Å². The summed E-state index contributed by atoms with van der Waals surface area (Å²) in [6.45, 7) is 10.2. The standard InChI is InChI=1S/C30H35Cl2N3O4S/c1-20-15-16-27(21(2)17-20)35(40(38,39)23-11-8-7-9-12-23)19-28(36)34(22(3)29(37)33-30(4,5)6)18-24-25(31)13-10-14-26(24)32/h7-17,22H,18-19H2,1-6H3,(H,33,37). The highest BCUT2D eigenvalue weighted by Gasteiger charge is 2.34. The molecule has 0 radical (unpaired) electrons. The Labute approximate surface area is 247 Å². The van der Waals surface area contributed by atoms with Gasteiger partial charge in [-0.05, 0) is 77.4 Å². The van der Waals surface area contributed by atoms with Gasteiger partial charge in [-0.25, -0.2) is 8.42 Å². The van der Waals surface area contributed by atoms with Gasteiger partial charge in [0.2, 0.25) is 11.8 Å². The van der Waals surface area contributed by atoms with Gasteiger partial charge < -0.3 is 10.2 Å². The second kappa shape index (κ2) is 12.6. The average molecular weight is 605 g/mol. The van der Waals surface area contributed by atoms with Crippen molar-refractivity contribution in [3.8, 4) is 0 Å². The first-order valence-electron chi connectivity index (χ1n) is 12.8. The van der Waals surface area contributed by atoms with E-state index >= 15 is 0 Å². The molecule has 0 saturated heterocycles. The summed E-state index contributed by atoms with van der Waals surface area (Å²) in [4.78, 5) is 28.7. The molecule has 0 aromatic heterocycles. The fourth-order valence-electron chi connectivity index (χ4n) is 4.23. The molecule has 3 aromatic rings. The summed E-state index contributed by atoms with van der Waals surface area (Å²) >= 11 is 12.9. The van der Waals surface area contributed by atoms with Crippen molar-refractivity contribution in [1.29, 1.82) is 0 Å². The number of amides is 2. The average Bonchev–Trinajstić information content (AvgIpc) is 2.86. The summed E-state index contributed by atoms with van der Waals surface area (Å²) < 4.78 is 28.9. The lowest BCUT2D eigenvalue weighted by molar-refractivity contribution is -0.140. The molecule has 0 saturated carbocycles. The van der Waals surface area contributed by atoms with Gasteiger partial charge in [0.1, 0.15) is 12.6 Å². The molecule has 0 aliphatic heterocycles. The number of nitrogens with one attached hydrogen (secondary N) is 1. The van der Waals surface area contributed by atoms with Crippen LogP contribution in [-0.2, 0) is 26.2 Å². The zero-order valence-electron chi connectivity index (χ0n) is 23.5. The van der Waals surface area contributed by atoms with E-state index in [4.69, 9.17) is 23.2 Å². The molecule has 0 aliphatic carbocycles. The van der Waals surface area contributed by atoms with Crippen LogP contribution in [0.5, 0.6) is 0 Å². The molecular weight excluding hydrogens is 569 g/mol. The highest BCUT2D eigenvalue weighted by atomic mass is 35.5. The second-order valence-electron chi connectivity index (χ2n) is 10.8. The Morgan fingerprint density at radius 2 is 1.52 bits per heavy atom. The third-order valence-corrected chi connectivity index (χ3v) is 8.77. The van der Waals surface area contributed by atoms with Crippen molar-refractivity contribution in [2.45, 2.75) is 64.6 Å². The molecule has 0 fully saturated rings. The van der Waals surface area contributed by atoms with Crippen molar-refractivity contribution in [2.24, 2.45) is 0 Å². The van der Waals surface area contributed by atoms with Gasteiger partial charge in [-0.3, -0.25) is 13.9 Å². The maximum absolute atomic E-state index is 14.1. The Hall–Kier alpha value is -3.07. The SMILES string of the molecule is Cc1ccc(N(CC(=O)N(Cc2c(Cl)cccc2Cl)C(C)C(=O)NC(C)(C)C)S(=O)(=O)c2ccccc2)c(C)c1. The lowest BCUT2D eigenvalue weighted by Crippen LogP contribution is -2.54. The first-order valence-corrected chi connectivity index (χ1v) is 15.0. The molecule has 1 N–H and O–H groups in total. The van der Waals surface area contributed by atoms with Crippen molar-refractivity contribution in [3.63, 3.8) is 0 Å². The monoisotopic (exact) mass is 603 g/mol. The highest BCUT2D eigenvalue weighted by molar-refractivity contribution is 7.92. The minimum atomic E-state index is -4.15. The molecule has 0 heterocycles. The van der Waals surface area contributed by atoms with E-state index in [2.05, 4.69) is 5.32 Å². The van der Waals surface area contributed by atoms with Crippen LogP contribution in [0.15, 0.2) is 71.6 Å². The van der Waals surface area contributed by atoms with Crippen molar-refractivity contribution < 1.29 is 18.0 Å². The quantitative estimate of drug-likeness (QED) is 0.318. The third-order valence-electron chi connectivity index (χ3n) is 6.29. The number of nitrogens with zero attached hydrogens (tertiary/aromatic N) is 2. The van der Waals surface area contributed by atoms with Gasteiger partial charge in [0.05, 0.1) is 10.6 Å². The topological polar surface area (TPSA) is 86.8 Å². The fourth-order valence-corrected chi connectivity index (χ4v) is 6.25. The first-order chi connectivity index (χ1) is 18.6. The number of hydrogen-bond acceptors (Lipinski definition) is 4. The Balaban J connectivity index is 2.10. The van der Waals surface area contributed by atoms with E-state index in [0.29, 0.717) is 26.9 Å². The molecular formula is C30H35Cl2N3O4S. The van der Waals surface area contributed by atoms with Crippen LogP contribution in [0, 0.1) is 13.8 Å². The number of rotatable bonds is 9. The van der Waals surface area contributed by atoms with E-state index in [1.807, 2.05) is 33.8 Å². The van der Waals surface area contributed by atoms with Crippen LogP contribution in [0.1, 0.15) is 44.4 Å². The highest BCUT2D eigenvalue weighted by Crippen LogP contribution is 2.30. The van der Waals surface area contributed by atoms with Crippen molar-refractivity contribution in [1.82, 2.24) is 10.2 Å². The molecule has 0 spiro atoms. The van der Waals surface area contributed by atoms with E-state index in [1.165, 1.54) is 17.0 Å². The summed E-state index contributed by atoms with van der Waals surface area (Å²) in [6.07, 6.45) is 0. The summed E-state index contributed by atoms with van der Waals surface area (Å²) in [5, 5.41) is 3.56. The minimum absolute atomic E-state index is 0.0435. The fraction of sp³-hybridized carbons (Fsp3) is 0.333. The molecule has 2 amide bonds.